The molecule has 0 saturated heterocycles. The maximum Gasteiger partial charge on any atom is 0.126 e. The lowest BCUT2D eigenvalue weighted by Crippen LogP contribution is -2.08. The van der Waals surface area contributed by atoms with Crippen molar-refractivity contribution in [2.24, 2.45) is 5.73 Å². The molecule has 80 valence electrons. The van der Waals surface area contributed by atoms with Gasteiger partial charge in [0, 0.05) is 9.75 Å². The molecule has 2 heterocycles. The predicted molar refractivity (Wildman–Crippen MR) is 63.2 cm³/mol. The molecule has 0 aromatic carbocycles. The normalized spacial score (nSPS) is 13.0. The van der Waals surface area contributed by atoms with E-state index >= 15 is 0 Å². The van der Waals surface area contributed by atoms with E-state index in [0.29, 0.717) is 0 Å². The lowest BCUT2D eigenvalue weighted by atomic mass is 10.2. The van der Waals surface area contributed by atoms with Gasteiger partial charge < -0.3 is 10.2 Å². The Hall–Kier alpha value is -1.06. The van der Waals surface area contributed by atoms with Crippen molar-refractivity contribution < 1.29 is 4.42 Å². The molecule has 2 N–H and O–H groups in total. The van der Waals surface area contributed by atoms with Crippen LogP contribution in [-0.4, -0.2) is 0 Å². The minimum Gasteiger partial charge on any atom is -0.464 e. The van der Waals surface area contributed by atoms with Gasteiger partial charge in [-0.15, -0.1) is 11.3 Å². The third-order valence-corrected chi connectivity index (χ3v) is 3.72. The standard InChI is InChI=1S/C12H15NOS/c1-3-9-5-7-11(15-9)12(13)10-6-4-8(2)14-10/h4-7,12H,3,13H2,1-2H3. The van der Waals surface area contributed by atoms with Crippen LogP contribution in [0.5, 0.6) is 0 Å². The van der Waals surface area contributed by atoms with Crippen molar-refractivity contribution in [3.8, 4) is 0 Å². The first-order valence-corrected chi connectivity index (χ1v) is 5.93. The summed E-state index contributed by atoms with van der Waals surface area (Å²) < 4.78 is 5.52. The van der Waals surface area contributed by atoms with Crippen molar-refractivity contribution in [1.29, 1.82) is 0 Å². The molecule has 1 atom stereocenters. The minimum absolute atomic E-state index is 0.121. The Balaban J connectivity index is 2.23. The molecule has 0 aliphatic carbocycles. The van der Waals surface area contributed by atoms with Crippen LogP contribution in [0.2, 0.25) is 0 Å². The molecule has 0 bridgehead atoms. The molecular weight excluding hydrogens is 206 g/mol. The highest BCUT2D eigenvalue weighted by Crippen LogP contribution is 2.27. The van der Waals surface area contributed by atoms with Crippen LogP contribution < -0.4 is 5.73 Å². The van der Waals surface area contributed by atoms with Gasteiger partial charge in [-0.25, -0.2) is 0 Å². The highest BCUT2D eigenvalue weighted by atomic mass is 32.1. The van der Waals surface area contributed by atoms with Crippen LogP contribution in [0.1, 0.15) is 34.2 Å². The Kier molecular flexibility index (Phi) is 2.93. The third kappa shape index (κ3) is 2.13. The van der Waals surface area contributed by atoms with Gasteiger partial charge in [0.25, 0.3) is 0 Å². The van der Waals surface area contributed by atoms with Crippen LogP contribution in [0.3, 0.4) is 0 Å². The van der Waals surface area contributed by atoms with Crippen LogP contribution in [0.4, 0.5) is 0 Å². The van der Waals surface area contributed by atoms with Gasteiger partial charge in [0.05, 0.1) is 6.04 Å². The van der Waals surface area contributed by atoms with Gasteiger partial charge in [-0.05, 0) is 37.6 Å². The average molecular weight is 221 g/mol. The maximum atomic E-state index is 6.11. The minimum atomic E-state index is -0.121. The van der Waals surface area contributed by atoms with Crippen molar-refractivity contribution in [3.05, 3.63) is 45.5 Å². The van der Waals surface area contributed by atoms with Gasteiger partial charge in [-0.2, -0.15) is 0 Å². The first-order chi connectivity index (χ1) is 7.20. The Morgan fingerprint density at radius 3 is 2.67 bits per heavy atom. The summed E-state index contributed by atoms with van der Waals surface area (Å²) in [5.41, 5.74) is 6.11. The fourth-order valence-electron chi connectivity index (χ4n) is 1.51. The largest absolute Gasteiger partial charge is 0.464 e. The molecule has 0 aliphatic heterocycles. The van der Waals surface area contributed by atoms with Gasteiger partial charge in [0.15, 0.2) is 0 Å². The summed E-state index contributed by atoms with van der Waals surface area (Å²) in [7, 11) is 0. The zero-order valence-corrected chi connectivity index (χ0v) is 9.80. The van der Waals surface area contributed by atoms with Crippen molar-refractivity contribution in [2.45, 2.75) is 26.3 Å². The Morgan fingerprint density at radius 1 is 1.33 bits per heavy atom. The van der Waals surface area contributed by atoms with Crippen molar-refractivity contribution in [2.75, 3.05) is 0 Å². The summed E-state index contributed by atoms with van der Waals surface area (Å²) in [5, 5.41) is 0. The topological polar surface area (TPSA) is 39.2 Å². The first-order valence-electron chi connectivity index (χ1n) is 5.11. The molecule has 0 amide bonds. The van der Waals surface area contributed by atoms with E-state index in [0.717, 1.165) is 17.9 Å². The molecule has 0 radical (unpaired) electrons. The summed E-state index contributed by atoms with van der Waals surface area (Å²) >= 11 is 1.76. The van der Waals surface area contributed by atoms with E-state index in [2.05, 4.69) is 19.1 Å². The summed E-state index contributed by atoms with van der Waals surface area (Å²) in [4.78, 5) is 2.53. The number of nitrogens with two attached hydrogens (primary N) is 1. The Labute approximate surface area is 93.7 Å². The first kappa shape index (κ1) is 10.5. The van der Waals surface area contributed by atoms with Crippen LogP contribution in [0, 0.1) is 6.92 Å². The number of rotatable bonds is 3. The Bertz CT molecular complexity index is 444. The molecule has 0 fully saturated rings. The van der Waals surface area contributed by atoms with E-state index in [1.807, 2.05) is 19.1 Å². The molecule has 0 spiro atoms. The van der Waals surface area contributed by atoms with Crippen LogP contribution in [0.25, 0.3) is 0 Å². The highest BCUT2D eigenvalue weighted by molar-refractivity contribution is 7.12. The second-order valence-corrected chi connectivity index (χ2v) is 4.78. The van der Waals surface area contributed by atoms with Crippen molar-refractivity contribution >= 4 is 11.3 Å². The van der Waals surface area contributed by atoms with E-state index in [1.165, 1.54) is 9.75 Å². The van der Waals surface area contributed by atoms with Gasteiger partial charge >= 0.3 is 0 Å². The zero-order valence-electron chi connectivity index (χ0n) is 8.99. The summed E-state index contributed by atoms with van der Waals surface area (Å²) in [6.07, 6.45) is 1.06. The SMILES string of the molecule is CCc1ccc(C(N)c2ccc(C)o2)s1. The molecule has 0 aliphatic rings. The quantitative estimate of drug-likeness (QED) is 0.864. The number of hydrogen-bond donors (Lipinski definition) is 1. The lowest BCUT2D eigenvalue weighted by molar-refractivity contribution is 0.468. The van der Waals surface area contributed by atoms with E-state index in [9.17, 15) is 0 Å². The Morgan fingerprint density at radius 2 is 2.13 bits per heavy atom. The van der Waals surface area contributed by atoms with Crippen LogP contribution in [-0.2, 0) is 6.42 Å². The van der Waals surface area contributed by atoms with Gasteiger partial charge in [-0.1, -0.05) is 6.92 Å². The number of hydrogen-bond acceptors (Lipinski definition) is 3. The van der Waals surface area contributed by atoms with Crippen LogP contribution in [0.15, 0.2) is 28.7 Å². The molecule has 15 heavy (non-hydrogen) atoms. The van der Waals surface area contributed by atoms with Crippen LogP contribution >= 0.6 is 11.3 Å². The van der Waals surface area contributed by atoms with Crippen molar-refractivity contribution in [1.82, 2.24) is 0 Å². The maximum absolute atomic E-state index is 6.11. The van der Waals surface area contributed by atoms with Gasteiger partial charge in [0.1, 0.15) is 11.5 Å². The zero-order chi connectivity index (χ0) is 10.8. The smallest absolute Gasteiger partial charge is 0.126 e. The fraction of sp³-hybridized carbons (Fsp3) is 0.333. The molecule has 2 nitrogen and oxygen atoms in total. The average Bonchev–Trinajstić information content (AvgIpc) is 2.84. The summed E-state index contributed by atoms with van der Waals surface area (Å²) in [5.74, 6) is 1.75. The highest BCUT2D eigenvalue weighted by Gasteiger charge is 2.14. The summed E-state index contributed by atoms with van der Waals surface area (Å²) in [6, 6.07) is 8.00. The van der Waals surface area contributed by atoms with E-state index in [4.69, 9.17) is 10.2 Å². The predicted octanol–water partition coefficient (Wildman–Crippen LogP) is 3.26. The summed E-state index contributed by atoms with van der Waals surface area (Å²) in [6.45, 7) is 4.08. The number of aryl methyl sites for hydroxylation is 2. The van der Waals surface area contributed by atoms with Gasteiger partial charge in [-0.3, -0.25) is 0 Å². The third-order valence-electron chi connectivity index (χ3n) is 2.41. The molecule has 1 unspecified atom stereocenters. The molecule has 3 heteroatoms. The molecule has 0 saturated carbocycles. The van der Waals surface area contributed by atoms with Crippen molar-refractivity contribution in [3.63, 3.8) is 0 Å². The molecule has 2 rings (SSSR count). The van der Waals surface area contributed by atoms with Gasteiger partial charge in [0.2, 0.25) is 0 Å². The lowest BCUT2D eigenvalue weighted by Gasteiger charge is -2.05. The molecule has 2 aromatic heterocycles. The molecular formula is C12H15NOS. The fourth-order valence-corrected chi connectivity index (χ4v) is 2.47. The number of thiophene rings is 1. The monoisotopic (exact) mass is 221 g/mol. The number of furan rings is 1. The second-order valence-electron chi connectivity index (χ2n) is 3.58. The van der Waals surface area contributed by atoms with E-state index in [1.54, 1.807) is 11.3 Å². The van der Waals surface area contributed by atoms with E-state index < -0.39 is 0 Å². The second kappa shape index (κ2) is 4.21. The van der Waals surface area contributed by atoms with E-state index in [-0.39, 0.29) is 6.04 Å². The molecule has 2 aromatic rings.